The largest absolute Gasteiger partial charge is 0.314 e. The first-order valence-electron chi connectivity index (χ1n) is 7.13. The van der Waals surface area contributed by atoms with Crippen LogP contribution >= 0.6 is 11.3 Å². The maximum atomic E-state index is 4.34. The predicted octanol–water partition coefficient (Wildman–Crippen LogP) is 3.29. The quantitative estimate of drug-likeness (QED) is 0.785. The molecule has 2 heterocycles. The van der Waals surface area contributed by atoms with E-state index in [2.05, 4.69) is 52.5 Å². The van der Waals surface area contributed by atoms with E-state index in [4.69, 9.17) is 0 Å². The summed E-state index contributed by atoms with van der Waals surface area (Å²) in [6.07, 6.45) is 2.73. The molecule has 1 N–H and O–H groups in total. The van der Waals surface area contributed by atoms with Crippen LogP contribution in [0.15, 0.2) is 36.5 Å². The van der Waals surface area contributed by atoms with Crippen molar-refractivity contribution in [3.8, 4) is 10.6 Å². The molecule has 0 bridgehead atoms. The molecular formula is C16H18N4S. The molecule has 5 heteroatoms. The molecule has 0 aliphatic heterocycles. The van der Waals surface area contributed by atoms with Gasteiger partial charge in [-0.1, -0.05) is 31.3 Å². The summed E-state index contributed by atoms with van der Waals surface area (Å²) in [5.41, 5.74) is 2.11. The third-order valence-electron chi connectivity index (χ3n) is 3.21. The van der Waals surface area contributed by atoms with Gasteiger partial charge >= 0.3 is 0 Å². The van der Waals surface area contributed by atoms with Crippen LogP contribution in [-0.2, 0) is 6.42 Å². The second-order valence-electron chi connectivity index (χ2n) is 5.27. The highest BCUT2D eigenvalue weighted by atomic mass is 32.1. The molecule has 1 aromatic carbocycles. The van der Waals surface area contributed by atoms with Gasteiger partial charge in [-0.05, 0) is 24.3 Å². The molecule has 0 saturated heterocycles. The van der Waals surface area contributed by atoms with Crippen LogP contribution in [0.4, 0.5) is 0 Å². The van der Waals surface area contributed by atoms with Crippen molar-refractivity contribution in [1.29, 1.82) is 0 Å². The molecule has 0 spiro atoms. The maximum Gasteiger partial charge on any atom is 0.147 e. The van der Waals surface area contributed by atoms with Crippen LogP contribution in [0.5, 0.6) is 0 Å². The summed E-state index contributed by atoms with van der Waals surface area (Å²) in [7, 11) is 0. The monoisotopic (exact) mass is 298 g/mol. The molecule has 108 valence electrons. The number of hydrogen-bond donors (Lipinski definition) is 1. The fourth-order valence-electron chi connectivity index (χ4n) is 2.15. The molecule has 0 amide bonds. The number of hydrogen-bond acceptors (Lipinski definition) is 5. The second kappa shape index (κ2) is 6.28. The fraction of sp³-hybridized carbons (Fsp3) is 0.312. The molecule has 0 aliphatic rings. The Morgan fingerprint density at radius 3 is 2.95 bits per heavy atom. The highest BCUT2D eigenvalue weighted by Crippen LogP contribution is 2.26. The van der Waals surface area contributed by atoms with Crippen molar-refractivity contribution in [2.24, 2.45) is 0 Å². The van der Waals surface area contributed by atoms with Gasteiger partial charge in [0.1, 0.15) is 10.0 Å². The molecular weight excluding hydrogens is 280 g/mol. The summed E-state index contributed by atoms with van der Waals surface area (Å²) >= 11 is 1.66. The third kappa shape index (κ3) is 3.43. The Morgan fingerprint density at radius 1 is 1.19 bits per heavy atom. The van der Waals surface area contributed by atoms with Crippen molar-refractivity contribution in [1.82, 2.24) is 20.5 Å². The minimum atomic E-state index is 0.505. The van der Waals surface area contributed by atoms with E-state index < -0.39 is 0 Å². The molecule has 0 radical (unpaired) electrons. The maximum absolute atomic E-state index is 4.34. The number of benzene rings is 1. The van der Waals surface area contributed by atoms with E-state index in [-0.39, 0.29) is 0 Å². The van der Waals surface area contributed by atoms with Crippen molar-refractivity contribution in [3.05, 3.63) is 41.5 Å². The lowest BCUT2D eigenvalue weighted by Crippen LogP contribution is -2.24. The number of pyridine rings is 1. The van der Waals surface area contributed by atoms with Gasteiger partial charge in [0.2, 0.25) is 0 Å². The van der Waals surface area contributed by atoms with Crippen LogP contribution in [0, 0.1) is 0 Å². The van der Waals surface area contributed by atoms with Gasteiger partial charge in [-0.3, -0.25) is 4.98 Å². The topological polar surface area (TPSA) is 50.7 Å². The van der Waals surface area contributed by atoms with Crippen LogP contribution in [0.1, 0.15) is 18.9 Å². The Kier molecular flexibility index (Phi) is 4.22. The van der Waals surface area contributed by atoms with Crippen molar-refractivity contribution in [2.45, 2.75) is 26.3 Å². The molecule has 3 aromatic rings. The van der Waals surface area contributed by atoms with E-state index in [0.717, 1.165) is 39.4 Å². The van der Waals surface area contributed by atoms with Gasteiger partial charge in [-0.25, -0.2) is 0 Å². The Morgan fingerprint density at radius 2 is 2.10 bits per heavy atom. The summed E-state index contributed by atoms with van der Waals surface area (Å²) in [6.45, 7) is 5.23. The van der Waals surface area contributed by atoms with Crippen LogP contribution in [0.2, 0.25) is 0 Å². The molecule has 21 heavy (non-hydrogen) atoms. The van der Waals surface area contributed by atoms with Crippen molar-refractivity contribution in [2.75, 3.05) is 6.54 Å². The Balaban J connectivity index is 1.77. The predicted molar refractivity (Wildman–Crippen MR) is 87.5 cm³/mol. The summed E-state index contributed by atoms with van der Waals surface area (Å²) in [5, 5.41) is 15.2. The average molecular weight is 298 g/mol. The van der Waals surface area contributed by atoms with E-state index in [0.29, 0.717) is 6.04 Å². The van der Waals surface area contributed by atoms with Crippen LogP contribution in [0.25, 0.3) is 21.5 Å². The second-order valence-corrected chi connectivity index (χ2v) is 6.33. The van der Waals surface area contributed by atoms with Gasteiger partial charge in [-0.2, -0.15) is 0 Å². The smallest absolute Gasteiger partial charge is 0.147 e. The minimum Gasteiger partial charge on any atom is -0.314 e. The first kappa shape index (κ1) is 14.1. The first-order chi connectivity index (χ1) is 10.2. The van der Waals surface area contributed by atoms with Crippen molar-refractivity contribution in [3.63, 3.8) is 0 Å². The molecule has 0 unspecified atom stereocenters. The molecule has 2 aromatic heterocycles. The van der Waals surface area contributed by atoms with E-state index >= 15 is 0 Å². The lowest BCUT2D eigenvalue weighted by atomic mass is 10.1. The molecule has 4 nitrogen and oxygen atoms in total. The zero-order valence-corrected chi connectivity index (χ0v) is 13.0. The van der Waals surface area contributed by atoms with Gasteiger partial charge in [0.15, 0.2) is 0 Å². The molecule has 0 atom stereocenters. The standard InChI is InChI=1S/C16H18N4S/c1-11(2)17-9-7-15-19-20-16(21-15)13-5-6-14-12(10-13)4-3-8-18-14/h3-6,8,10-11,17H,7,9H2,1-2H3. The lowest BCUT2D eigenvalue weighted by molar-refractivity contribution is 0.588. The Bertz CT molecular complexity index is 736. The van der Waals surface area contributed by atoms with E-state index in [1.165, 1.54) is 0 Å². The van der Waals surface area contributed by atoms with E-state index in [1.807, 2.05) is 18.3 Å². The van der Waals surface area contributed by atoms with Gasteiger partial charge in [-0.15, -0.1) is 10.2 Å². The van der Waals surface area contributed by atoms with E-state index in [1.54, 1.807) is 11.3 Å². The minimum absolute atomic E-state index is 0.505. The molecule has 0 aliphatic carbocycles. The van der Waals surface area contributed by atoms with Crippen LogP contribution < -0.4 is 5.32 Å². The van der Waals surface area contributed by atoms with Gasteiger partial charge in [0.05, 0.1) is 5.52 Å². The van der Waals surface area contributed by atoms with Gasteiger partial charge in [0, 0.05) is 36.2 Å². The van der Waals surface area contributed by atoms with Gasteiger partial charge < -0.3 is 5.32 Å². The van der Waals surface area contributed by atoms with Crippen LogP contribution in [-0.4, -0.2) is 27.8 Å². The summed E-state index contributed by atoms with van der Waals surface area (Å²) < 4.78 is 0. The van der Waals surface area contributed by atoms with Crippen molar-refractivity contribution >= 4 is 22.2 Å². The Hall–Kier alpha value is -1.85. The number of aromatic nitrogens is 3. The summed E-state index contributed by atoms with van der Waals surface area (Å²) in [5.74, 6) is 0. The number of fused-ring (bicyclic) bond motifs is 1. The molecule has 3 rings (SSSR count). The fourth-order valence-corrected chi connectivity index (χ4v) is 2.98. The first-order valence-corrected chi connectivity index (χ1v) is 7.95. The number of nitrogens with zero attached hydrogens (tertiary/aromatic N) is 3. The SMILES string of the molecule is CC(C)NCCc1nnc(-c2ccc3ncccc3c2)s1. The normalized spacial score (nSPS) is 11.4. The molecule has 0 saturated carbocycles. The lowest BCUT2D eigenvalue weighted by Gasteiger charge is -2.05. The summed E-state index contributed by atoms with van der Waals surface area (Å²) in [4.78, 5) is 4.34. The van der Waals surface area contributed by atoms with Gasteiger partial charge in [0.25, 0.3) is 0 Å². The van der Waals surface area contributed by atoms with Crippen LogP contribution in [0.3, 0.4) is 0 Å². The average Bonchev–Trinajstić information content (AvgIpc) is 2.95. The third-order valence-corrected chi connectivity index (χ3v) is 4.24. The zero-order valence-electron chi connectivity index (χ0n) is 12.2. The van der Waals surface area contributed by atoms with Crippen molar-refractivity contribution < 1.29 is 0 Å². The number of rotatable bonds is 5. The van der Waals surface area contributed by atoms with E-state index in [9.17, 15) is 0 Å². The highest BCUT2D eigenvalue weighted by molar-refractivity contribution is 7.14. The number of nitrogens with one attached hydrogen (secondary N) is 1. The Labute approximate surface area is 128 Å². The molecule has 0 fully saturated rings. The highest BCUT2D eigenvalue weighted by Gasteiger charge is 2.07. The summed E-state index contributed by atoms with van der Waals surface area (Å²) in [6, 6.07) is 10.7. The zero-order chi connectivity index (χ0) is 14.7.